The van der Waals surface area contributed by atoms with E-state index in [2.05, 4.69) is 4.98 Å². The van der Waals surface area contributed by atoms with E-state index >= 15 is 0 Å². The number of aliphatic hydroxyl groups excluding tert-OH is 1. The Hall–Kier alpha value is -1.26. The van der Waals surface area contributed by atoms with Gasteiger partial charge in [0, 0.05) is 18.0 Å². The molecule has 1 unspecified atom stereocenters. The third-order valence-corrected chi connectivity index (χ3v) is 2.98. The van der Waals surface area contributed by atoms with Gasteiger partial charge in [-0.15, -0.1) is 11.3 Å². The zero-order valence-electron chi connectivity index (χ0n) is 7.93. The van der Waals surface area contributed by atoms with Crippen LogP contribution in [0.2, 0.25) is 0 Å². The van der Waals surface area contributed by atoms with Crippen molar-refractivity contribution in [2.45, 2.75) is 12.5 Å². The second-order valence-electron chi connectivity index (χ2n) is 3.18. The van der Waals surface area contributed by atoms with Gasteiger partial charge in [0.1, 0.15) is 16.9 Å². The highest BCUT2D eigenvalue weighted by Gasteiger charge is 2.12. The molecule has 1 heterocycles. The summed E-state index contributed by atoms with van der Waals surface area (Å²) in [5.41, 5.74) is 0.514. The number of nitrogens with zero attached hydrogens (tertiary/aromatic N) is 1. The van der Waals surface area contributed by atoms with E-state index in [4.69, 9.17) is 0 Å². The van der Waals surface area contributed by atoms with Crippen LogP contribution in [0.25, 0.3) is 0 Å². The average molecular weight is 223 g/mol. The molecule has 0 bridgehead atoms. The van der Waals surface area contributed by atoms with Gasteiger partial charge in [-0.25, -0.2) is 9.37 Å². The largest absolute Gasteiger partial charge is 0.386 e. The topological polar surface area (TPSA) is 33.1 Å². The Labute approximate surface area is 91.0 Å². The van der Waals surface area contributed by atoms with Crippen molar-refractivity contribution in [3.8, 4) is 0 Å². The molecule has 2 nitrogen and oxygen atoms in total. The van der Waals surface area contributed by atoms with Crippen LogP contribution in [0.3, 0.4) is 0 Å². The molecule has 0 aliphatic heterocycles. The third kappa shape index (κ3) is 2.40. The number of rotatable bonds is 3. The molecule has 0 saturated heterocycles. The van der Waals surface area contributed by atoms with E-state index in [0.717, 1.165) is 0 Å². The molecule has 15 heavy (non-hydrogen) atoms. The van der Waals surface area contributed by atoms with Crippen molar-refractivity contribution >= 4 is 11.3 Å². The molecule has 2 aromatic rings. The fourth-order valence-corrected chi connectivity index (χ4v) is 1.98. The second-order valence-corrected chi connectivity index (χ2v) is 4.11. The molecule has 1 N–H and O–H groups in total. The average Bonchev–Trinajstić information content (AvgIpc) is 2.74. The van der Waals surface area contributed by atoms with Gasteiger partial charge in [0.15, 0.2) is 0 Å². The summed E-state index contributed by atoms with van der Waals surface area (Å²) >= 11 is 1.37. The maximum absolute atomic E-state index is 13.3. The lowest BCUT2D eigenvalue weighted by Crippen LogP contribution is -2.02. The van der Waals surface area contributed by atoms with Crippen LogP contribution in [0.15, 0.2) is 35.8 Å². The monoisotopic (exact) mass is 223 g/mol. The van der Waals surface area contributed by atoms with Crippen molar-refractivity contribution in [3.63, 3.8) is 0 Å². The normalized spacial score (nSPS) is 12.7. The van der Waals surface area contributed by atoms with Crippen LogP contribution in [0, 0.1) is 5.82 Å². The van der Waals surface area contributed by atoms with Crippen molar-refractivity contribution in [1.82, 2.24) is 4.98 Å². The fourth-order valence-electron chi connectivity index (χ4n) is 1.36. The Morgan fingerprint density at radius 2 is 2.20 bits per heavy atom. The lowest BCUT2D eigenvalue weighted by Gasteiger charge is -2.07. The van der Waals surface area contributed by atoms with Crippen molar-refractivity contribution in [2.24, 2.45) is 0 Å². The lowest BCUT2D eigenvalue weighted by molar-refractivity contribution is 0.176. The molecule has 0 aliphatic carbocycles. The Kier molecular flexibility index (Phi) is 3.08. The molecular weight excluding hydrogens is 213 g/mol. The minimum Gasteiger partial charge on any atom is -0.386 e. The number of hydrogen-bond acceptors (Lipinski definition) is 3. The van der Waals surface area contributed by atoms with E-state index in [1.54, 1.807) is 29.8 Å². The van der Waals surface area contributed by atoms with E-state index in [0.29, 0.717) is 10.6 Å². The molecule has 0 spiro atoms. The van der Waals surface area contributed by atoms with Gasteiger partial charge in [-0.3, -0.25) is 0 Å². The SMILES string of the molecule is OC(Cc1ccccc1F)c1nccs1. The summed E-state index contributed by atoms with van der Waals surface area (Å²) in [4.78, 5) is 3.99. The highest BCUT2D eigenvalue weighted by atomic mass is 32.1. The van der Waals surface area contributed by atoms with Gasteiger partial charge in [0.2, 0.25) is 0 Å². The molecule has 0 amide bonds. The quantitative estimate of drug-likeness (QED) is 0.867. The van der Waals surface area contributed by atoms with Gasteiger partial charge in [0.05, 0.1) is 0 Å². The third-order valence-electron chi connectivity index (χ3n) is 2.11. The molecule has 0 fully saturated rings. The summed E-state index contributed by atoms with van der Waals surface area (Å²) < 4.78 is 13.3. The van der Waals surface area contributed by atoms with Gasteiger partial charge in [-0.05, 0) is 11.6 Å². The highest BCUT2D eigenvalue weighted by Crippen LogP contribution is 2.21. The first-order chi connectivity index (χ1) is 7.27. The molecule has 1 aromatic carbocycles. The van der Waals surface area contributed by atoms with E-state index in [9.17, 15) is 9.50 Å². The standard InChI is InChI=1S/C11H10FNOS/c12-9-4-2-1-3-8(9)7-10(14)11-13-5-6-15-11/h1-6,10,14H,7H2. The van der Waals surface area contributed by atoms with Crippen molar-refractivity contribution in [2.75, 3.05) is 0 Å². The first-order valence-electron chi connectivity index (χ1n) is 4.58. The molecule has 0 radical (unpaired) electrons. The number of hydrogen-bond donors (Lipinski definition) is 1. The Balaban J connectivity index is 2.13. The zero-order valence-corrected chi connectivity index (χ0v) is 8.75. The van der Waals surface area contributed by atoms with Crippen molar-refractivity contribution < 1.29 is 9.50 Å². The van der Waals surface area contributed by atoms with Crippen LogP contribution < -0.4 is 0 Å². The van der Waals surface area contributed by atoms with Gasteiger partial charge in [0.25, 0.3) is 0 Å². The number of aromatic nitrogens is 1. The van der Waals surface area contributed by atoms with Crippen molar-refractivity contribution in [1.29, 1.82) is 0 Å². The van der Waals surface area contributed by atoms with Gasteiger partial charge in [-0.1, -0.05) is 18.2 Å². The first kappa shape index (κ1) is 10.3. The Bertz CT molecular complexity index is 430. The summed E-state index contributed by atoms with van der Waals surface area (Å²) in [6.45, 7) is 0. The Morgan fingerprint density at radius 1 is 1.40 bits per heavy atom. The maximum Gasteiger partial charge on any atom is 0.126 e. The number of benzene rings is 1. The molecule has 0 aliphatic rings. The Morgan fingerprint density at radius 3 is 2.87 bits per heavy atom. The van der Waals surface area contributed by atoms with E-state index < -0.39 is 6.10 Å². The lowest BCUT2D eigenvalue weighted by atomic mass is 10.1. The first-order valence-corrected chi connectivity index (χ1v) is 5.46. The number of thiazole rings is 1. The molecule has 2 rings (SSSR count). The number of aliphatic hydroxyl groups is 1. The minimum atomic E-state index is -0.720. The summed E-state index contributed by atoms with van der Waals surface area (Å²) in [5.74, 6) is -0.284. The van der Waals surface area contributed by atoms with Crippen LogP contribution in [0.4, 0.5) is 4.39 Å². The van der Waals surface area contributed by atoms with Gasteiger partial charge in [-0.2, -0.15) is 0 Å². The van der Waals surface area contributed by atoms with Crippen LogP contribution in [-0.2, 0) is 6.42 Å². The molecule has 78 valence electrons. The molecule has 4 heteroatoms. The smallest absolute Gasteiger partial charge is 0.126 e. The van der Waals surface area contributed by atoms with Gasteiger partial charge < -0.3 is 5.11 Å². The zero-order chi connectivity index (χ0) is 10.7. The summed E-state index contributed by atoms with van der Waals surface area (Å²) in [6, 6.07) is 6.46. The highest BCUT2D eigenvalue weighted by molar-refractivity contribution is 7.09. The van der Waals surface area contributed by atoms with Crippen LogP contribution in [0.5, 0.6) is 0 Å². The second kappa shape index (κ2) is 4.51. The van der Waals surface area contributed by atoms with Crippen LogP contribution in [0.1, 0.15) is 16.7 Å². The number of halogens is 1. The maximum atomic E-state index is 13.3. The molecular formula is C11H10FNOS. The van der Waals surface area contributed by atoms with Crippen LogP contribution in [-0.4, -0.2) is 10.1 Å². The van der Waals surface area contributed by atoms with Gasteiger partial charge >= 0.3 is 0 Å². The summed E-state index contributed by atoms with van der Waals surface area (Å²) in [6.07, 6.45) is 1.17. The predicted octanol–water partition coefficient (Wildman–Crippen LogP) is 2.56. The van der Waals surface area contributed by atoms with E-state index in [1.165, 1.54) is 17.4 Å². The van der Waals surface area contributed by atoms with E-state index in [1.807, 2.05) is 0 Å². The summed E-state index contributed by atoms with van der Waals surface area (Å²) in [7, 11) is 0. The minimum absolute atomic E-state index is 0.264. The molecule has 1 atom stereocenters. The van der Waals surface area contributed by atoms with Crippen molar-refractivity contribution in [3.05, 3.63) is 52.2 Å². The molecule has 1 aromatic heterocycles. The van der Waals surface area contributed by atoms with Crippen LogP contribution >= 0.6 is 11.3 Å². The fraction of sp³-hybridized carbons (Fsp3) is 0.182. The molecule has 0 saturated carbocycles. The summed E-state index contributed by atoms with van der Waals surface area (Å²) in [5, 5.41) is 12.2. The van der Waals surface area contributed by atoms with E-state index in [-0.39, 0.29) is 12.2 Å². The predicted molar refractivity (Wildman–Crippen MR) is 57.2 cm³/mol.